The van der Waals surface area contributed by atoms with Crippen molar-refractivity contribution < 1.29 is 27.2 Å². The first-order chi connectivity index (χ1) is 15.1. The van der Waals surface area contributed by atoms with E-state index in [1.54, 1.807) is 11.0 Å². The number of nitrogens with zero attached hydrogens (tertiary/aromatic N) is 4. The summed E-state index contributed by atoms with van der Waals surface area (Å²) in [6.07, 6.45) is -2.28. The molecule has 0 bridgehead atoms. The van der Waals surface area contributed by atoms with Crippen molar-refractivity contribution in [3.05, 3.63) is 46.5 Å². The highest BCUT2D eigenvalue weighted by Crippen LogP contribution is 2.40. The Morgan fingerprint density at radius 1 is 1.19 bits per heavy atom. The Bertz CT molecular complexity index is 983. The molecule has 0 saturated carbocycles. The molecule has 7 nitrogen and oxygen atoms in total. The van der Waals surface area contributed by atoms with Gasteiger partial charge in [0.2, 0.25) is 5.91 Å². The number of carbonyl (C=O) groups is 2. The topological polar surface area (TPSA) is 77.4 Å². The van der Waals surface area contributed by atoms with Crippen LogP contribution >= 0.6 is 0 Å². The first kappa shape index (κ1) is 22.4. The molecule has 3 heterocycles. The van der Waals surface area contributed by atoms with Crippen LogP contribution in [0.3, 0.4) is 0 Å². The zero-order chi connectivity index (χ0) is 23.0. The van der Waals surface area contributed by atoms with E-state index in [0.717, 1.165) is 19.0 Å². The molecule has 11 heteroatoms. The Hall–Kier alpha value is -2.82. The van der Waals surface area contributed by atoms with Crippen LogP contribution in [0.5, 0.6) is 0 Å². The van der Waals surface area contributed by atoms with E-state index < -0.39 is 23.8 Å². The summed E-state index contributed by atoms with van der Waals surface area (Å²) in [7, 11) is 0. The van der Waals surface area contributed by atoms with Gasteiger partial charge in [-0.25, -0.2) is 4.39 Å². The molecule has 1 atom stereocenters. The Kier molecular flexibility index (Phi) is 6.02. The Balaban J connectivity index is 1.43. The maximum atomic E-state index is 14.7. The van der Waals surface area contributed by atoms with Crippen LogP contribution < -0.4 is 5.32 Å². The second kappa shape index (κ2) is 8.61. The zero-order valence-electron chi connectivity index (χ0n) is 17.5. The van der Waals surface area contributed by atoms with Crippen LogP contribution in [0, 0.1) is 11.7 Å². The summed E-state index contributed by atoms with van der Waals surface area (Å²) >= 11 is 0. The van der Waals surface area contributed by atoms with E-state index in [0.29, 0.717) is 29.8 Å². The summed E-state index contributed by atoms with van der Waals surface area (Å²) in [5.74, 6) is -4.10. The monoisotopic (exact) mass is 453 g/mol. The van der Waals surface area contributed by atoms with Gasteiger partial charge < -0.3 is 15.1 Å². The number of rotatable bonds is 4. The van der Waals surface area contributed by atoms with E-state index in [1.807, 2.05) is 0 Å². The van der Waals surface area contributed by atoms with Gasteiger partial charge in [0.05, 0.1) is 11.9 Å². The summed E-state index contributed by atoms with van der Waals surface area (Å²) in [6, 6.07) is 3.17. The molecule has 172 valence electrons. The minimum absolute atomic E-state index is 0.0432. The lowest BCUT2D eigenvalue weighted by atomic mass is 10.0. The van der Waals surface area contributed by atoms with Crippen molar-refractivity contribution in [3.63, 3.8) is 0 Å². The highest BCUT2D eigenvalue weighted by atomic mass is 19.4. The molecule has 32 heavy (non-hydrogen) atoms. The standard InChI is InChI=1S/C21H23F4N5O2/c1-12(31)29-4-2-16(3-5-29)26-8-13-6-14-10-30(11-15(14)7-17(13)22)18-9-27-28-20(32)19(18)21(23,24)25/h6-7,9,16,19,26H,2-5,8,10-11H2,1H3. The molecule has 1 fully saturated rings. The molecular formula is C21H23F4N5O2. The summed E-state index contributed by atoms with van der Waals surface area (Å²) < 4.78 is 54.9. The van der Waals surface area contributed by atoms with Crippen molar-refractivity contribution in [1.82, 2.24) is 15.1 Å². The molecule has 0 aromatic heterocycles. The molecule has 3 aliphatic rings. The molecule has 0 radical (unpaired) electrons. The van der Waals surface area contributed by atoms with E-state index in [1.165, 1.54) is 17.9 Å². The first-order valence-electron chi connectivity index (χ1n) is 10.4. The van der Waals surface area contributed by atoms with Gasteiger partial charge in [-0.2, -0.15) is 18.3 Å². The largest absolute Gasteiger partial charge is 0.406 e. The molecule has 1 N–H and O–H groups in total. The molecular weight excluding hydrogens is 430 g/mol. The van der Waals surface area contributed by atoms with Crippen molar-refractivity contribution in [2.24, 2.45) is 16.1 Å². The van der Waals surface area contributed by atoms with Gasteiger partial charge in [-0.15, -0.1) is 5.11 Å². The molecule has 1 saturated heterocycles. The van der Waals surface area contributed by atoms with E-state index in [2.05, 4.69) is 15.5 Å². The van der Waals surface area contributed by atoms with Crippen molar-refractivity contribution in [3.8, 4) is 0 Å². The second-order valence-electron chi connectivity index (χ2n) is 8.31. The summed E-state index contributed by atoms with van der Waals surface area (Å²) in [5.41, 5.74) is 1.45. The molecule has 1 aromatic carbocycles. The van der Waals surface area contributed by atoms with Gasteiger partial charge in [0.25, 0.3) is 5.91 Å². The SMILES string of the molecule is CC(=O)N1CCC(NCc2cc3c(cc2F)CN(C2=CN=NC(=O)C2C(F)(F)F)C3)CC1. The van der Waals surface area contributed by atoms with Gasteiger partial charge >= 0.3 is 6.18 Å². The smallest absolute Gasteiger partial charge is 0.364 e. The molecule has 3 aliphatic heterocycles. The number of carbonyl (C=O) groups excluding carboxylic acids is 2. The molecule has 1 unspecified atom stereocenters. The van der Waals surface area contributed by atoms with Gasteiger partial charge in [-0.1, -0.05) is 0 Å². The second-order valence-corrected chi connectivity index (χ2v) is 8.31. The molecule has 0 spiro atoms. The highest BCUT2D eigenvalue weighted by molar-refractivity contribution is 5.83. The number of benzene rings is 1. The molecule has 2 amide bonds. The van der Waals surface area contributed by atoms with Crippen LogP contribution in [0.25, 0.3) is 0 Å². The minimum Gasteiger partial charge on any atom is -0.364 e. The van der Waals surface area contributed by atoms with Gasteiger partial charge in [-0.05, 0) is 36.1 Å². The number of hydrogen-bond acceptors (Lipinski definition) is 5. The van der Waals surface area contributed by atoms with Gasteiger partial charge in [0, 0.05) is 51.3 Å². The summed E-state index contributed by atoms with van der Waals surface area (Å²) in [5, 5.41) is 9.75. The normalized spacial score (nSPS) is 21.7. The van der Waals surface area contributed by atoms with E-state index in [9.17, 15) is 27.2 Å². The number of fused-ring (bicyclic) bond motifs is 1. The fourth-order valence-corrected chi connectivity index (χ4v) is 4.42. The van der Waals surface area contributed by atoms with Crippen molar-refractivity contribution >= 4 is 11.8 Å². The maximum absolute atomic E-state index is 14.7. The molecule has 4 rings (SSSR count). The maximum Gasteiger partial charge on any atom is 0.406 e. The van der Waals surface area contributed by atoms with Crippen molar-refractivity contribution in [2.75, 3.05) is 13.1 Å². The number of halogens is 4. The van der Waals surface area contributed by atoms with Crippen LogP contribution in [0.4, 0.5) is 17.6 Å². The number of piperidine rings is 1. The van der Waals surface area contributed by atoms with Gasteiger partial charge in [0.15, 0.2) is 5.92 Å². The van der Waals surface area contributed by atoms with Crippen molar-refractivity contribution in [2.45, 2.75) is 51.6 Å². The summed E-state index contributed by atoms with van der Waals surface area (Å²) in [6.45, 7) is 3.31. The van der Waals surface area contributed by atoms with E-state index >= 15 is 0 Å². The van der Waals surface area contributed by atoms with Crippen LogP contribution in [0.1, 0.15) is 36.5 Å². The number of amides is 2. The quantitative estimate of drug-likeness (QED) is 0.710. The Labute approximate surface area is 182 Å². The lowest BCUT2D eigenvalue weighted by Crippen LogP contribution is -2.44. The minimum atomic E-state index is -4.78. The van der Waals surface area contributed by atoms with E-state index in [4.69, 9.17) is 0 Å². The van der Waals surface area contributed by atoms with Crippen LogP contribution in [-0.2, 0) is 29.2 Å². The Morgan fingerprint density at radius 2 is 1.84 bits per heavy atom. The zero-order valence-corrected chi connectivity index (χ0v) is 17.5. The van der Waals surface area contributed by atoms with Gasteiger partial charge in [-0.3, -0.25) is 9.59 Å². The fraction of sp³-hybridized carbons (Fsp3) is 0.524. The Morgan fingerprint density at radius 3 is 2.47 bits per heavy atom. The number of alkyl halides is 3. The number of nitrogens with one attached hydrogen (secondary N) is 1. The molecule has 1 aromatic rings. The highest BCUT2D eigenvalue weighted by Gasteiger charge is 2.50. The average molecular weight is 453 g/mol. The number of azo groups is 1. The van der Waals surface area contributed by atoms with Crippen LogP contribution in [-0.4, -0.2) is 46.9 Å². The summed E-state index contributed by atoms with van der Waals surface area (Å²) in [4.78, 5) is 26.3. The van der Waals surface area contributed by atoms with Crippen LogP contribution in [0.15, 0.2) is 34.3 Å². The van der Waals surface area contributed by atoms with E-state index in [-0.39, 0.29) is 37.3 Å². The predicted octanol–water partition coefficient (Wildman–Crippen LogP) is 3.25. The van der Waals surface area contributed by atoms with Gasteiger partial charge in [0.1, 0.15) is 5.82 Å². The third kappa shape index (κ3) is 4.52. The van der Waals surface area contributed by atoms with Crippen molar-refractivity contribution in [1.29, 1.82) is 0 Å². The number of likely N-dealkylation sites (tertiary alicyclic amines) is 1. The number of hydrogen-bond donors (Lipinski definition) is 1. The predicted molar refractivity (Wildman–Crippen MR) is 105 cm³/mol. The lowest BCUT2D eigenvalue weighted by molar-refractivity contribution is -0.177. The lowest BCUT2D eigenvalue weighted by Gasteiger charge is -2.31. The average Bonchev–Trinajstić information content (AvgIpc) is 3.13. The third-order valence-electron chi connectivity index (χ3n) is 6.19. The van der Waals surface area contributed by atoms with Crippen LogP contribution in [0.2, 0.25) is 0 Å². The first-order valence-corrected chi connectivity index (χ1v) is 10.4. The fourth-order valence-electron chi connectivity index (χ4n) is 4.42. The molecule has 0 aliphatic carbocycles. The third-order valence-corrected chi connectivity index (χ3v) is 6.19.